The molecular weight excluding hydrogens is 252 g/mol. The molecule has 1 aromatic heterocycles. The molecule has 2 rings (SSSR count). The van der Waals surface area contributed by atoms with Gasteiger partial charge in [-0.1, -0.05) is 23.5 Å². The first-order chi connectivity index (χ1) is 8.58. The van der Waals surface area contributed by atoms with Gasteiger partial charge in [-0.05, 0) is 26.0 Å². The van der Waals surface area contributed by atoms with Gasteiger partial charge >= 0.3 is 4.87 Å². The van der Waals surface area contributed by atoms with E-state index >= 15 is 0 Å². The summed E-state index contributed by atoms with van der Waals surface area (Å²) in [6.07, 6.45) is -0.0927. The summed E-state index contributed by atoms with van der Waals surface area (Å²) in [5.41, 5.74) is 3.09. The maximum Gasteiger partial charge on any atom is 0.308 e. The Kier molecular flexibility index (Phi) is 3.78. The molecule has 0 atom stereocenters. The predicted molar refractivity (Wildman–Crippen MR) is 70.4 cm³/mol. The van der Waals surface area contributed by atoms with Crippen LogP contribution in [0.3, 0.4) is 0 Å². The molecule has 0 bridgehead atoms. The summed E-state index contributed by atoms with van der Waals surface area (Å²) in [4.78, 5) is 28.2. The Balaban J connectivity index is 2.19. The van der Waals surface area contributed by atoms with E-state index in [0.717, 1.165) is 21.6 Å². The van der Waals surface area contributed by atoms with Gasteiger partial charge in [0.25, 0.3) is 5.91 Å². The van der Waals surface area contributed by atoms with E-state index in [4.69, 9.17) is 4.84 Å². The zero-order valence-corrected chi connectivity index (χ0v) is 11.0. The number of benzene rings is 1. The number of rotatable bonds is 4. The third-order valence-corrected chi connectivity index (χ3v) is 3.24. The first-order valence-electron chi connectivity index (χ1n) is 5.61. The molecule has 0 aliphatic carbocycles. The smallest absolute Gasteiger partial charge is 0.289 e. The molecule has 0 spiro atoms. The summed E-state index contributed by atoms with van der Waals surface area (Å²) in [7, 11) is 0. The maximum absolute atomic E-state index is 11.8. The van der Waals surface area contributed by atoms with Gasteiger partial charge < -0.3 is 0 Å². The summed E-state index contributed by atoms with van der Waals surface area (Å²) in [5, 5.41) is 0. The van der Waals surface area contributed by atoms with Gasteiger partial charge in [0.2, 0.25) is 0 Å². The summed E-state index contributed by atoms with van der Waals surface area (Å²) < 4.78 is 2.32. The lowest BCUT2D eigenvalue weighted by molar-refractivity contribution is -0.137. The van der Waals surface area contributed by atoms with Gasteiger partial charge in [0.05, 0.1) is 16.3 Å². The molecule has 0 radical (unpaired) electrons. The topological polar surface area (TPSA) is 60.3 Å². The maximum atomic E-state index is 11.8. The minimum absolute atomic E-state index is 0.0322. The zero-order valence-electron chi connectivity index (χ0n) is 10.2. The highest BCUT2D eigenvalue weighted by atomic mass is 32.1. The number of nitrogens with zero attached hydrogens (tertiary/aromatic N) is 1. The Morgan fingerprint density at radius 3 is 2.89 bits per heavy atom. The number of fused-ring (bicyclic) bond motifs is 1. The Morgan fingerprint density at radius 1 is 1.44 bits per heavy atom. The molecule has 6 heteroatoms. The van der Waals surface area contributed by atoms with Crippen molar-refractivity contribution in [1.29, 1.82) is 0 Å². The van der Waals surface area contributed by atoms with Crippen molar-refractivity contribution in [1.82, 2.24) is 10.0 Å². The van der Waals surface area contributed by atoms with Crippen molar-refractivity contribution < 1.29 is 9.63 Å². The number of nitrogens with one attached hydrogen (secondary N) is 1. The van der Waals surface area contributed by atoms with Crippen molar-refractivity contribution in [2.45, 2.75) is 26.5 Å². The monoisotopic (exact) mass is 266 g/mol. The van der Waals surface area contributed by atoms with Crippen molar-refractivity contribution in [2.24, 2.45) is 0 Å². The van der Waals surface area contributed by atoms with Crippen LogP contribution in [-0.2, 0) is 16.2 Å². The van der Waals surface area contributed by atoms with Crippen LogP contribution in [0.4, 0.5) is 0 Å². The molecule has 5 nitrogen and oxygen atoms in total. The molecule has 18 heavy (non-hydrogen) atoms. The number of thiazole rings is 1. The lowest BCUT2D eigenvalue weighted by atomic mass is 10.3. The number of hydrogen-bond acceptors (Lipinski definition) is 4. The average molecular weight is 266 g/mol. The Morgan fingerprint density at radius 2 is 2.17 bits per heavy atom. The minimum atomic E-state index is -0.339. The van der Waals surface area contributed by atoms with E-state index in [1.165, 1.54) is 4.57 Å². The average Bonchev–Trinajstić information content (AvgIpc) is 2.64. The number of carbonyl (C=O) groups is 1. The normalized spacial score (nSPS) is 11.1. The largest absolute Gasteiger partial charge is 0.308 e. The molecule has 2 aromatic rings. The molecule has 0 fully saturated rings. The van der Waals surface area contributed by atoms with Crippen LogP contribution in [0.5, 0.6) is 0 Å². The first-order valence-corrected chi connectivity index (χ1v) is 6.42. The molecule has 1 N–H and O–H groups in total. The van der Waals surface area contributed by atoms with Gasteiger partial charge in [-0.15, -0.1) is 0 Å². The van der Waals surface area contributed by atoms with Crippen LogP contribution in [0.25, 0.3) is 10.2 Å². The van der Waals surface area contributed by atoms with Gasteiger partial charge in [-0.3, -0.25) is 19.0 Å². The molecule has 1 amide bonds. The molecule has 1 heterocycles. The van der Waals surface area contributed by atoms with Gasteiger partial charge in [0.15, 0.2) is 0 Å². The predicted octanol–water partition coefficient (Wildman–Crippen LogP) is 1.52. The molecule has 0 aliphatic rings. The quantitative estimate of drug-likeness (QED) is 0.853. The second-order valence-electron chi connectivity index (χ2n) is 4.11. The summed E-state index contributed by atoms with van der Waals surface area (Å²) in [6.45, 7) is 3.59. The highest BCUT2D eigenvalue weighted by molar-refractivity contribution is 7.16. The number of hydroxylamine groups is 1. The first kappa shape index (κ1) is 12.8. The molecule has 0 saturated heterocycles. The Bertz CT molecular complexity index is 615. The van der Waals surface area contributed by atoms with E-state index in [9.17, 15) is 9.59 Å². The lowest BCUT2D eigenvalue weighted by Crippen LogP contribution is -2.32. The van der Waals surface area contributed by atoms with E-state index in [0.29, 0.717) is 0 Å². The van der Waals surface area contributed by atoms with Crippen LogP contribution in [0.15, 0.2) is 29.1 Å². The van der Waals surface area contributed by atoms with E-state index in [1.54, 1.807) is 0 Å². The van der Waals surface area contributed by atoms with Crippen molar-refractivity contribution in [2.75, 3.05) is 0 Å². The van der Waals surface area contributed by atoms with Gasteiger partial charge in [0, 0.05) is 0 Å². The SMILES string of the molecule is CC(C)ONC(=O)Cn1c(=O)sc2ccccc21. The fraction of sp³-hybridized carbons (Fsp3) is 0.333. The third-order valence-electron chi connectivity index (χ3n) is 2.28. The van der Waals surface area contributed by atoms with Crippen LogP contribution in [0.1, 0.15) is 13.8 Å². The number of para-hydroxylation sites is 1. The molecule has 0 unspecified atom stereocenters. The van der Waals surface area contributed by atoms with Crippen LogP contribution in [0.2, 0.25) is 0 Å². The van der Waals surface area contributed by atoms with Crippen molar-refractivity contribution in [3.63, 3.8) is 0 Å². The Hall–Kier alpha value is -1.66. The van der Waals surface area contributed by atoms with Gasteiger partial charge in [-0.2, -0.15) is 0 Å². The summed E-state index contributed by atoms with van der Waals surface area (Å²) in [5.74, 6) is -0.339. The fourth-order valence-corrected chi connectivity index (χ4v) is 2.41. The van der Waals surface area contributed by atoms with E-state index < -0.39 is 0 Å². The van der Waals surface area contributed by atoms with Crippen LogP contribution < -0.4 is 10.4 Å². The van der Waals surface area contributed by atoms with E-state index in [1.807, 2.05) is 38.1 Å². The number of hydrogen-bond donors (Lipinski definition) is 1. The van der Waals surface area contributed by atoms with Crippen LogP contribution in [0, 0.1) is 0 Å². The number of amides is 1. The zero-order chi connectivity index (χ0) is 13.1. The Labute approximate surface area is 108 Å². The van der Waals surface area contributed by atoms with Gasteiger partial charge in [0.1, 0.15) is 6.54 Å². The van der Waals surface area contributed by atoms with Gasteiger partial charge in [-0.25, -0.2) is 5.48 Å². The highest BCUT2D eigenvalue weighted by Gasteiger charge is 2.11. The van der Waals surface area contributed by atoms with Crippen molar-refractivity contribution in [3.05, 3.63) is 33.9 Å². The molecule has 1 aromatic carbocycles. The number of carbonyl (C=O) groups excluding carboxylic acids is 1. The highest BCUT2D eigenvalue weighted by Crippen LogP contribution is 2.15. The molecule has 0 aliphatic heterocycles. The van der Waals surface area contributed by atoms with Crippen LogP contribution >= 0.6 is 11.3 Å². The van der Waals surface area contributed by atoms with Crippen LogP contribution in [-0.4, -0.2) is 16.6 Å². The fourth-order valence-electron chi connectivity index (χ4n) is 1.52. The second-order valence-corrected chi connectivity index (χ2v) is 5.11. The summed E-state index contributed by atoms with van der Waals surface area (Å²) in [6, 6.07) is 7.39. The molecule has 96 valence electrons. The van der Waals surface area contributed by atoms with Crippen molar-refractivity contribution in [3.8, 4) is 0 Å². The van der Waals surface area contributed by atoms with E-state index in [2.05, 4.69) is 5.48 Å². The third kappa shape index (κ3) is 2.77. The molecular formula is C12H14N2O3S. The number of aromatic nitrogens is 1. The lowest BCUT2D eigenvalue weighted by Gasteiger charge is -2.08. The van der Waals surface area contributed by atoms with Crippen molar-refractivity contribution >= 4 is 27.5 Å². The standard InChI is InChI=1S/C12H14N2O3S/c1-8(2)17-13-11(15)7-14-9-5-3-4-6-10(9)18-12(14)16/h3-6,8H,7H2,1-2H3,(H,13,15). The van der Waals surface area contributed by atoms with E-state index in [-0.39, 0.29) is 23.4 Å². The minimum Gasteiger partial charge on any atom is -0.289 e. The summed E-state index contributed by atoms with van der Waals surface area (Å²) >= 11 is 1.13. The molecule has 0 saturated carbocycles. The second kappa shape index (κ2) is 5.32.